The molecule has 1 rings (SSSR count). The lowest BCUT2D eigenvalue weighted by Crippen LogP contribution is -2.25. The fourth-order valence-corrected chi connectivity index (χ4v) is 4.31. The van der Waals surface area contributed by atoms with Gasteiger partial charge in [-0.05, 0) is 30.2 Å². The summed E-state index contributed by atoms with van der Waals surface area (Å²) in [6.07, 6.45) is 17.1. The van der Waals surface area contributed by atoms with Crippen molar-refractivity contribution in [1.29, 1.82) is 5.26 Å². The molecule has 1 atom stereocenters. The van der Waals surface area contributed by atoms with E-state index in [2.05, 4.69) is 11.4 Å². The van der Waals surface area contributed by atoms with Crippen LogP contribution in [0.4, 0.5) is 4.39 Å². The molecular formula is C27H45FNO6P. The molecule has 0 aliphatic rings. The van der Waals surface area contributed by atoms with Gasteiger partial charge in [-0.2, -0.15) is 5.26 Å². The van der Waals surface area contributed by atoms with Gasteiger partial charge in [0.1, 0.15) is 11.9 Å². The third-order valence-corrected chi connectivity index (χ3v) is 6.43. The van der Waals surface area contributed by atoms with Gasteiger partial charge >= 0.3 is 7.82 Å². The Kier molecular flexibility index (Phi) is 18.8. The zero-order chi connectivity index (χ0) is 26.5. The Hall–Kier alpha value is -1.33. The average molecular weight is 530 g/mol. The third-order valence-electron chi connectivity index (χ3n) is 5.95. The molecule has 0 aliphatic heterocycles. The van der Waals surface area contributed by atoms with Gasteiger partial charge in [-0.25, -0.2) is 8.96 Å². The first-order valence-corrected chi connectivity index (χ1v) is 15.0. The summed E-state index contributed by atoms with van der Waals surface area (Å²) < 4.78 is 40.5. The standard InChI is InChI=1S/C27H45FNO6P/c1-2-3-4-5-6-7-8-9-10-11-12-13-14-15-16-33-22-27(23-35-36(30,31)32)34-21-25-17-24(20-29)18-26(28)19-25/h17-19,27H,2-16,21-23H2,1H3,(H2,30,31,32)/t27-/m0/s1. The predicted octanol–water partition coefficient (Wildman–Crippen LogP) is 7.19. The predicted molar refractivity (Wildman–Crippen MR) is 139 cm³/mol. The average Bonchev–Trinajstić information content (AvgIpc) is 2.84. The number of rotatable bonds is 23. The number of benzene rings is 1. The van der Waals surface area contributed by atoms with Crippen LogP contribution >= 0.6 is 7.82 Å². The van der Waals surface area contributed by atoms with E-state index in [-0.39, 0.29) is 25.4 Å². The maximum Gasteiger partial charge on any atom is 0.469 e. The van der Waals surface area contributed by atoms with E-state index in [0.717, 1.165) is 18.9 Å². The molecule has 0 saturated heterocycles. The van der Waals surface area contributed by atoms with Gasteiger partial charge in [-0.15, -0.1) is 0 Å². The maximum atomic E-state index is 13.6. The summed E-state index contributed by atoms with van der Waals surface area (Å²) in [5.41, 5.74) is 0.616. The van der Waals surface area contributed by atoms with E-state index in [9.17, 15) is 8.96 Å². The van der Waals surface area contributed by atoms with E-state index < -0.39 is 19.7 Å². The summed E-state index contributed by atoms with van der Waals surface area (Å²) in [5, 5.41) is 8.96. The summed E-state index contributed by atoms with van der Waals surface area (Å²) in [7, 11) is -4.65. The van der Waals surface area contributed by atoms with E-state index in [4.69, 9.17) is 24.5 Å². The quantitative estimate of drug-likeness (QED) is 0.114. The molecule has 0 saturated carbocycles. The first-order chi connectivity index (χ1) is 17.3. The van der Waals surface area contributed by atoms with Gasteiger partial charge in [0.2, 0.25) is 0 Å². The highest BCUT2D eigenvalue weighted by molar-refractivity contribution is 7.46. The minimum absolute atomic E-state index is 0.0379. The molecule has 7 nitrogen and oxygen atoms in total. The van der Waals surface area contributed by atoms with Crippen molar-refractivity contribution in [2.75, 3.05) is 19.8 Å². The molecule has 0 heterocycles. The van der Waals surface area contributed by atoms with Gasteiger partial charge in [-0.3, -0.25) is 4.52 Å². The maximum absolute atomic E-state index is 13.6. The number of halogens is 1. The van der Waals surface area contributed by atoms with Gasteiger partial charge in [0, 0.05) is 6.61 Å². The molecule has 9 heteroatoms. The fourth-order valence-electron chi connectivity index (χ4n) is 3.95. The second-order valence-corrected chi connectivity index (χ2v) is 10.6. The number of nitrogens with zero attached hydrogens (tertiary/aromatic N) is 1. The smallest absolute Gasteiger partial charge is 0.379 e. The van der Waals surface area contributed by atoms with Crippen molar-refractivity contribution in [2.45, 2.75) is 110 Å². The monoisotopic (exact) mass is 529 g/mol. The number of hydrogen-bond donors (Lipinski definition) is 2. The molecule has 1 aromatic carbocycles. The Morgan fingerprint density at radius 3 is 1.97 bits per heavy atom. The number of nitriles is 1. The SMILES string of the molecule is CCCCCCCCCCCCCCCCOC[C@@H](COP(=O)(O)O)OCc1cc(F)cc(C#N)c1. The Morgan fingerprint density at radius 1 is 0.889 bits per heavy atom. The van der Waals surface area contributed by atoms with Crippen molar-refractivity contribution < 1.29 is 32.7 Å². The lowest BCUT2D eigenvalue weighted by molar-refractivity contribution is -0.0493. The van der Waals surface area contributed by atoms with Crippen molar-refractivity contribution in [3.05, 3.63) is 35.1 Å². The van der Waals surface area contributed by atoms with Crippen LogP contribution in [0.1, 0.15) is 108 Å². The zero-order valence-corrected chi connectivity index (χ0v) is 22.7. The first-order valence-electron chi connectivity index (χ1n) is 13.4. The topological polar surface area (TPSA) is 109 Å². The van der Waals surface area contributed by atoms with E-state index in [1.807, 2.05) is 6.07 Å². The summed E-state index contributed by atoms with van der Waals surface area (Å²) >= 11 is 0. The van der Waals surface area contributed by atoms with Crippen molar-refractivity contribution in [3.63, 3.8) is 0 Å². The minimum Gasteiger partial charge on any atom is -0.379 e. The van der Waals surface area contributed by atoms with Crippen LogP contribution in [-0.2, 0) is 25.2 Å². The second kappa shape index (κ2) is 20.7. The van der Waals surface area contributed by atoms with E-state index >= 15 is 0 Å². The van der Waals surface area contributed by atoms with Gasteiger partial charge < -0.3 is 19.3 Å². The van der Waals surface area contributed by atoms with Gasteiger partial charge in [0.25, 0.3) is 0 Å². The zero-order valence-electron chi connectivity index (χ0n) is 21.8. The van der Waals surface area contributed by atoms with Gasteiger partial charge in [0.05, 0.1) is 31.5 Å². The first kappa shape index (κ1) is 32.7. The van der Waals surface area contributed by atoms with Crippen molar-refractivity contribution in [1.82, 2.24) is 0 Å². The molecule has 2 N–H and O–H groups in total. The summed E-state index contributed by atoms with van der Waals surface area (Å²) in [6.45, 7) is 2.47. The lowest BCUT2D eigenvalue weighted by atomic mass is 10.0. The van der Waals surface area contributed by atoms with Crippen LogP contribution in [0.5, 0.6) is 0 Å². The normalized spacial score (nSPS) is 12.5. The summed E-state index contributed by atoms with van der Waals surface area (Å²) in [4.78, 5) is 18.0. The van der Waals surface area contributed by atoms with Crippen LogP contribution in [0.15, 0.2) is 18.2 Å². The molecular weight excluding hydrogens is 484 g/mol. The van der Waals surface area contributed by atoms with Gasteiger partial charge in [-0.1, -0.05) is 90.4 Å². The molecule has 0 bridgehead atoms. The Balaban J connectivity index is 2.15. The highest BCUT2D eigenvalue weighted by Gasteiger charge is 2.19. The number of phosphoric acid groups is 1. The van der Waals surface area contributed by atoms with E-state index in [0.29, 0.717) is 12.2 Å². The highest BCUT2D eigenvalue weighted by atomic mass is 31.2. The Bertz CT molecular complexity index is 782. The van der Waals surface area contributed by atoms with Crippen LogP contribution < -0.4 is 0 Å². The number of phosphoric ester groups is 1. The molecule has 0 fully saturated rings. The molecule has 36 heavy (non-hydrogen) atoms. The van der Waals surface area contributed by atoms with Crippen LogP contribution in [0.25, 0.3) is 0 Å². The van der Waals surface area contributed by atoms with Gasteiger partial charge in [0.15, 0.2) is 0 Å². The molecule has 0 unspecified atom stereocenters. The van der Waals surface area contributed by atoms with Crippen LogP contribution in [0.2, 0.25) is 0 Å². The second-order valence-electron chi connectivity index (χ2n) is 9.35. The Labute approximate surface area is 216 Å². The minimum atomic E-state index is -4.65. The number of hydrogen-bond acceptors (Lipinski definition) is 5. The molecule has 0 radical (unpaired) electrons. The van der Waals surface area contributed by atoms with E-state index in [1.54, 1.807) is 0 Å². The largest absolute Gasteiger partial charge is 0.469 e. The molecule has 0 aromatic heterocycles. The van der Waals surface area contributed by atoms with E-state index in [1.165, 1.54) is 89.2 Å². The van der Waals surface area contributed by atoms with Crippen molar-refractivity contribution >= 4 is 7.82 Å². The highest BCUT2D eigenvalue weighted by Crippen LogP contribution is 2.36. The van der Waals surface area contributed by atoms with Crippen LogP contribution in [0.3, 0.4) is 0 Å². The Morgan fingerprint density at radius 2 is 1.44 bits per heavy atom. The molecule has 1 aromatic rings. The molecule has 0 spiro atoms. The molecule has 0 amide bonds. The lowest BCUT2D eigenvalue weighted by Gasteiger charge is -2.19. The van der Waals surface area contributed by atoms with Crippen molar-refractivity contribution in [3.8, 4) is 6.07 Å². The number of unbranched alkanes of at least 4 members (excludes halogenated alkanes) is 13. The molecule has 206 valence electrons. The van der Waals surface area contributed by atoms with Crippen LogP contribution in [0, 0.1) is 17.1 Å². The van der Waals surface area contributed by atoms with Crippen molar-refractivity contribution in [2.24, 2.45) is 0 Å². The summed E-state index contributed by atoms with van der Waals surface area (Å²) in [5.74, 6) is -0.551. The number of ether oxygens (including phenoxy) is 2. The fraction of sp³-hybridized carbons (Fsp3) is 0.741. The summed E-state index contributed by atoms with van der Waals surface area (Å²) in [6, 6.07) is 5.75. The van der Waals surface area contributed by atoms with Crippen LogP contribution in [-0.4, -0.2) is 35.7 Å². The third kappa shape index (κ3) is 18.9. The molecule has 0 aliphatic carbocycles.